The summed E-state index contributed by atoms with van der Waals surface area (Å²) < 4.78 is 24.3. The Morgan fingerprint density at radius 1 is 1.56 bits per heavy atom. The molecule has 1 rings (SSSR count). The fourth-order valence-electron chi connectivity index (χ4n) is 1.96. The molecule has 1 N–H and O–H groups in total. The van der Waals surface area contributed by atoms with Gasteiger partial charge in [-0.2, -0.15) is 0 Å². The molecule has 1 heterocycles. The smallest absolute Gasteiger partial charge is 0.211 e. The zero-order valence-electron chi connectivity index (χ0n) is 9.78. The quantitative estimate of drug-likeness (QED) is 0.558. The maximum Gasteiger partial charge on any atom is 0.211 e. The Kier molecular flexibility index (Phi) is 5.26. The second kappa shape index (κ2) is 6.24. The van der Waals surface area contributed by atoms with Gasteiger partial charge in [0.05, 0.1) is 6.26 Å². The normalized spacial score (nSPS) is 22.9. The van der Waals surface area contributed by atoms with Crippen LogP contribution in [0.4, 0.5) is 0 Å². The van der Waals surface area contributed by atoms with Crippen LogP contribution in [0.2, 0.25) is 0 Å². The maximum atomic E-state index is 11.4. The van der Waals surface area contributed by atoms with Crippen LogP contribution < -0.4 is 5.32 Å². The highest BCUT2D eigenvalue weighted by Crippen LogP contribution is 2.17. The molecular weight excluding hydrogens is 224 g/mol. The van der Waals surface area contributed by atoms with Crippen molar-refractivity contribution in [1.82, 2.24) is 9.62 Å². The fraction of sp³-hybridized carbons (Fsp3) is 0.818. The van der Waals surface area contributed by atoms with E-state index < -0.39 is 10.0 Å². The van der Waals surface area contributed by atoms with Crippen LogP contribution in [0.1, 0.15) is 19.3 Å². The van der Waals surface area contributed by atoms with Crippen LogP contribution in [0.5, 0.6) is 0 Å². The lowest BCUT2D eigenvalue weighted by Gasteiger charge is -2.31. The van der Waals surface area contributed by atoms with Gasteiger partial charge in [0.25, 0.3) is 0 Å². The predicted octanol–water partition coefficient (Wildman–Crippen LogP) is 0.271. The summed E-state index contributed by atoms with van der Waals surface area (Å²) in [6.45, 7) is 2.97. The van der Waals surface area contributed by atoms with Gasteiger partial charge in [0.15, 0.2) is 0 Å². The Bertz CT molecular complexity index is 345. The van der Waals surface area contributed by atoms with Gasteiger partial charge in [0, 0.05) is 26.1 Å². The van der Waals surface area contributed by atoms with Crippen molar-refractivity contribution in [2.24, 2.45) is 5.92 Å². The van der Waals surface area contributed by atoms with Crippen molar-refractivity contribution < 1.29 is 8.42 Å². The molecule has 0 amide bonds. The third-order valence-corrected chi connectivity index (χ3v) is 4.10. The second-order valence-electron chi connectivity index (χ2n) is 4.29. The number of piperidine rings is 1. The first kappa shape index (κ1) is 13.5. The summed E-state index contributed by atoms with van der Waals surface area (Å²) in [4.78, 5) is 0. The molecule has 92 valence electrons. The minimum atomic E-state index is -3.02. The molecule has 0 radical (unpaired) electrons. The van der Waals surface area contributed by atoms with Crippen molar-refractivity contribution in [2.45, 2.75) is 19.3 Å². The summed E-state index contributed by atoms with van der Waals surface area (Å²) in [6.07, 6.45) is 9.20. The molecule has 16 heavy (non-hydrogen) atoms. The van der Waals surface area contributed by atoms with E-state index in [0.29, 0.717) is 19.0 Å². The van der Waals surface area contributed by atoms with Crippen LogP contribution in [0.15, 0.2) is 0 Å². The standard InChI is InChI=1S/C11H20N2O2S/c1-3-4-7-12-9-11-6-5-8-13(10-11)16(2,14)15/h1,11-12H,4-10H2,2H3. The van der Waals surface area contributed by atoms with Crippen LogP contribution >= 0.6 is 0 Å². The molecule has 1 aliphatic heterocycles. The summed E-state index contributed by atoms with van der Waals surface area (Å²) in [6, 6.07) is 0. The summed E-state index contributed by atoms with van der Waals surface area (Å²) in [5, 5.41) is 3.26. The number of nitrogens with zero attached hydrogens (tertiary/aromatic N) is 1. The lowest BCUT2D eigenvalue weighted by molar-refractivity contribution is 0.262. The zero-order chi connectivity index (χ0) is 12.0. The van der Waals surface area contributed by atoms with E-state index in [9.17, 15) is 8.42 Å². The van der Waals surface area contributed by atoms with Gasteiger partial charge in [-0.05, 0) is 25.3 Å². The zero-order valence-corrected chi connectivity index (χ0v) is 10.6. The van der Waals surface area contributed by atoms with Gasteiger partial charge in [-0.25, -0.2) is 12.7 Å². The number of hydrogen-bond acceptors (Lipinski definition) is 3. The number of rotatable bonds is 5. The monoisotopic (exact) mass is 244 g/mol. The highest BCUT2D eigenvalue weighted by Gasteiger charge is 2.25. The minimum absolute atomic E-state index is 0.418. The molecule has 0 aliphatic carbocycles. The molecule has 0 aromatic carbocycles. The lowest BCUT2D eigenvalue weighted by Crippen LogP contribution is -2.42. The summed E-state index contributed by atoms with van der Waals surface area (Å²) in [7, 11) is -3.02. The van der Waals surface area contributed by atoms with Gasteiger partial charge in [0.1, 0.15) is 0 Å². The molecule has 4 nitrogen and oxygen atoms in total. The second-order valence-corrected chi connectivity index (χ2v) is 6.27. The third-order valence-electron chi connectivity index (χ3n) is 2.83. The highest BCUT2D eigenvalue weighted by molar-refractivity contribution is 7.88. The SMILES string of the molecule is C#CCCNCC1CCCN(S(C)(=O)=O)C1. The van der Waals surface area contributed by atoms with Crippen LogP contribution in [-0.4, -0.2) is 45.2 Å². The van der Waals surface area contributed by atoms with Crippen molar-refractivity contribution in [2.75, 3.05) is 32.4 Å². The van der Waals surface area contributed by atoms with Crippen molar-refractivity contribution in [3.05, 3.63) is 0 Å². The minimum Gasteiger partial charge on any atom is -0.315 e. The number of hydrogen-bond donors (Lipinski definition) is 1. The molecule has 5 heteroatoms. The van der Waals surface area contributed by atoms with Crippen molar-refractivity contribution >= 4 is 10.0 Å². The lowest BCUT2D eigenvalue weighted by atomic mass is 10.00. The van der Waals surface area contributed by atoms with E-state index in [2.05, 4.69) is 11.2 Å². The molecule has 0 bridgehead atoms. The molecule has 1 aliphatic rings. The Morgan fingerprint density at radius 2 is 2.31 bits per heavy atom. The average Bonchev–Trinajstić information content (AvgIpc) is 2.24. The molecule has 0 aromatic heterocycles. The molecule has 1 atom stereocenters. The first-order chi connectivity index (χ1) is 7.54. The van der Waals surface area contributed by atoms with E-state index in [-0.39, 0.29) is 0 Å². The van der Waals surface area contributed by atoms with E-state index in [1.54, 1.807) is 4.31 Å². The van der Waals surface area contributed by atoms with E-state index in [1.807, 2.05) is 0 Å². The Labute approximate surface area is 98.5 Å². The van der Waals surface area contributed by atoms with E-state index >= 15 is 0 Å². The number of nitrogens with one attached hydrogen (secondary N) is 1. The van der Waals surface area contributed by atoms with Gasteiger partial charge in [-0.15, -0.1) is 12.3 Å². The van der Waals surface area contributed by atoms with Crippen molar-refractivity contribution in [1.29, 1.82) is 0 Å². The van der Waals surface area contributed by atoms with E-state index in [0.717, 1.165) is 32.4 Å². The van der Waals surface area contributed by atoms with Gasteiger partial charge in [0.2, 0.25) is 10.0 Å². The van der Waals surface area contributed by atoms with Gasteiger partial charge in [-0.3, -0.25) is 0 Å². The largest absolute Gasteiger partial charge is 0.315 e. The molecule has 1 unspecified atom stereocenters. The van der Waals surface area contributed by atoms with Crippen LogP contribution in [0.25, 0.3) is 0 Å². The van der Waals surface area contributed by atoms with Crippen LogP contribution in [-0.2, 0) is 10.0 Å². The number of terminal acetylenes is 1. The molecule has 1 fully saturated rings. The topological polar surface area (TPSA) is 49.4 Å². The first-order valence-corrected chi connectivity index (χ1v) is 7.48. The number of sulfonamides is 1. The van der Waals surface area contributed by atoms with Crippen molar-refractivity contribution in [3.8, 4) is 12.3 Å². The molecule has 1 saturated heterocycles. The van der Waals surface area contributed by atoms with E-state index in [1.165, 1.54) is 6.26 Å². The summed E-state index contributed by atoms with van der Waals surface area (Å²) in [5.41, 5.74) is 0. The fourth-order valence-corrected chi connectivity index (χ4v) is 2.90. The Morgan fingerprint density at radius 3 is 2.94 bits per heavy atom. The van der Waals surface area contributed by atoms with Crippen molar-refractivity contribution in [3.63, 3.8) is 0 Å². The first-order valence-electron chi connectivity index (χ1n) is 5.63. The third kappa shape index (κ3) is 4.52. The van der Waals surface area contributed by atoms with Crippen LogP contribution in [0, 0.1) is 18.3 Å². The molecular formula is C11H20N2O2S. The summed E-state index contributed by atoms with van der Waals surface area (Å²) in [5.74, 6) is 2.99. The molecule has 0 aromatic rings. The van der Waals surface area contributed by atoms with Gasteiger partial charge >= 0.3 is 0 Å². The highest BCUT2D eigenvalue weighted by atomic mass is 32.2. The van der Waals surface area contributed by atoms with Crippen LogP contribution in [0.3, 0.4) is 0 Å². The van der Waals surface area contributed by atoms with Gasteiger partial charge in [-0.1, -0.05) is 0 Å². The average molecular weight is 244 g/mol. The van der Waals surface area contributed by atoms with Gasteiger partial charge < -0.3 is 5.32 Å². The summed E-state index contributed by atoms with van der Waals surface area (Å²) >= 11 is 0. The molecule has 0 spiro atoms. The molecule has 0 saturated carbocycles. The maximum absolute atomic E-state index is 11.4. The van der Waals surface area contributed by atoms with E-state index in [4.69, 9.17) is 6.42 Å². The Hall–Kier alpha value is -0.570. The predicted molar refractivity (Wildman–Crippen MR) is 65.5 cm³/mol. The Balaban J connectivity index is 2.31.